The van der Waals surface area contributed by atoms with Crippen molar-refractivity contribution in [3.63, 3.8) is 0 Å². The predicted octanol–water partition coefficient (Wildman–Crippen LogP) is 4.54. The fourth-order valence-electron chi connectivity index (χ4n) is 5.93. The molecule has 2 unspecified atom stereocenters. The van der Waals surface area contributed by atoms with Crippen LogP contribution in [0.3, 0.4) is 0 Å². The van der Waals surface area contributed by atoms with E-state index in [1.807, 2.05) is 11.9 Å². The Morgan fingerprint density at radius 2 is 1.69 bits per heavy atom. The quantitative estimate of drug-likeness (QED) is 0.325. The van der Waals surface area contributed by atoms with Crippen LogP contribution in [0.4, 0.5) is 5.13 Å². The van der Waals surface area contributed by atoms with Gasteiger partial charge in [0, 0.05) is 32.4 Å². The Kier molecular flexibility index (Phi) is 9.19. The summed E-state index contributed by atoms with van der Waals surface area (Å²) in [5, 5.41) is 2.55. The van der Waals surface area contributed by atoms with Gasteiger partial charge in [0.15, 0.2) is 24.8 Å². The summed E-state index contributed by atoms with van der Waals surface area (Å²) in [5.74, 6) is -0.267. The number of carbonyl (C=O) groups is 1. The number of hydrogen-bond acceptors (Lipinski definition) is 9. The lowest BCUT2D eigenvalue weighted by Gasteiger charge is -2.36. The first kappa shape index (κ1) is 30.8. The number of likely N-dealkylation sites (N-methyl/N-ethyl adjacent to an activating group) is 1. The van der Waals surface area contributed by atoms with Crippen molar-refractivity contribution in [3.8, 4) is 0 Å². The summed E-state index contributed by atoms with van der Waals surface area (Å²) in [4.78, 5) is 22.7. The van der Waals surface area contributed by atoms with Gasteiger partial charge in [0.25, 0.3) is 0 Å². The Morgan fingerprint density at radius 1 is 1.05 bits per heavy atom. The first-order valence-corrected chi connectivity index (χ1v) is 18.5. The maximum Gasteiger partial charge on any atom is 0.233 e. The Balaban J connectivity index is 1.38. The molecule has 1 aliphatic carbocycles. The summed E-state index contributed by atoms with van der Waals surface area (Å²) in [7, 11) is -5.03. The van der Waals surface area contributed by atoms with Crippen molar-refractivity contribution < 1.29 is 21.6 Å². The van der Waals surface area contributed by atoms with Crippen LogP contribution in [0.25, 0.3) is 10.2 Å². The molecule has 0 spiro atoms. The number of amides is 1. The van der Waals surface area contributed by atoms with Crippen molar-refractivity contribution in [2.75, 3.05) is 44.8 Å². The van der Waals surface area contributed by atoms with Crippen LogP contribution in [0.15, 0.2) is 64.9 Å². The Bertz CT molecular complexity index is 1650. The van der Waals surface area contributed by atoms with Crippen molar-refractivity contribution in [1.29, 1.82) is 0 Å². The first-order chi connectivity index (χ1) is 20.0. The molecule has 1 aromatic heterocycles. The molecule has 42 heavy (non-hydrogen) atoms. The zero-order chi connectivity index (χ0) is 30.1. The van der Waals surface area contributed by atoms with E-state index in [0.717, 1.165) is 50.6 Å². The van der Waals surface area contributed by atoms with Crippen LogP contribution in [0.5, 0.6) is 0 Å². The fourth-order valence-corrected chi connectivity index (χ4v) is 9.21. The van der Waals surface area contributed by atoms with Crippen LogP contribution in [0.1, 0.15) is 43.6 Å². The van der Waals surface area contributed by atoms with Gasteiger partial charge >= 0.3 is 0 Å². The molecule has 12 heteroatoms. The largest absolute Gasteiger partial charge is 0.304 e. The Labute approximate surface area is 252 Å². The molecule has 1 amide bonds. The highest BCUT2D eigenvalue weighted by Crippen LogP contribution is 2.36. The molecule has 9 nitrogen and oxygen atoms in total. The van der Waals surface area contributed by atoms with Crippen molar-refractivity contribution >= 4 is 52.3 Å². The second kappa shape index (κ2) is 12.5. The lowest BCUT2D eigenvalue weighted by Crippen LogP contribution is -2.50. The number of sulfone groups is 2. The monoisotopic (exact) mass is 630 g/mol. The fraction of sp³-hybridized carbons (Fsp3) is 0.467. The molecule has 2 aliphatic rings. The summed E-state index contributed by atoms with van der Waals surface area (Å²) >= 11 is 1.23. The number of nitrogens with zero attached hydrogens (tertiary/aromatic N) is 3. The van der Waals surface area contributed by atoms with E-state index in [2.05, 4.69) is 21.8 Å². The summed E-state index contributed by atoms with van der Waals surface area (Å²) in [6, 6.07) is 11.5. The van der Waals surface area contributed by atoms with Crippen LogP contribution in [0.2, 0.25) is 0 Å². The molecule has 1 saturated carbocycles. The van der Waals surface area contributed by atoms with E-state index >= 15 is 0 Å². The smallest absolute Gasteiger partial charge is 0.233 e. The SMILES string of the molecule is C=CC(N1CCN(C)CC1)S(=O)(=O)c1ccc(C(CC2CCCC2)C(=O)Nc2nc3ccc(S(C)(=O)=O)cc3s2)cc1. The number of aromatic nitrogens is 1. The normalized spacial score (nSPS) is 19.1. The summed E-state index contributed by atoms with van der Waals surface area (Å²) in [5.41, 5.74) is 1.37. The van der Waals surface area contributed by atoms with E-state index in [1.54, 1.807) is 36.4 Å². The predicted molar refractivity (Wildman–Crippen MR) is 167 cm³/mol. The van der Waals surface area contributed by atoms with Gasteiger partial charge in [-0.1, -0.05) is 55.2 Å². The zero-order valence-electron chi connectivity index (χ0n) is 24.0. The number of nitrogens with one attached hydrogen (secondary N) is 1. The van der Waals surface area contributed by atoms with Crippen molar-refractivity contribution in [1.82, 2.24) is 14.8 Å². The molecule has 2 fully saturated rings. The topological polar surface area (TPSA) is 117 Å². The van der Waals surface area contributed by atoms with E-state index in [-0.39, 0.29) is 15.7 Å². The molecule has 2 aromatic carbocycles. The van der Waals surface area contributed by atoms with Crippen molar-refractivity contribution in [2.45, 2.75) is 53.2 Å². The molecule has 2 atom stereocenters. The van der Waals surface area contributed by atoms with Gasteiger partial charge in [-0.2, -0.15) is 0 Å². The maximum atomic E-state index is 13.7. The van der Waals surface area contributed by atoms with Gasteiger partial charge in [0.2, 0.25) is 5.91 Å². The number of rotatable bonds is 10. The molecule has 1 N–H and O–H groups in total. The molecule has 0 radical (unpaired) electrons. The number of hydrogen-bond donors (Lipinski definition) is 1. The van der Waals surface area contributed by atoms with Crippen molar-refractivity contribution in [3.05, 3.63) is 60.7 Å². The van der Waals surface area contributed by atoms with Gasteiger partial charge in [-0.3, -0.25) is 9.69 Å². The molecule has 0 bridgehead atoms. The average Bonchev–Trinajstić information content (AvgIpc) is 3.61. The van der Waals surface area contributed by atoms with E-state index < -0.39 is 31.0 Å². The second-order valence-electron chi connectivity index (χ2n) is 11.4. The number of anilines is 1. The first-order valence-electron chi connectivity index (χ1n) is 14.3. The minimum Gasteiger partial charge on any atom is -0.304 e. The zero-order valence-corrected chi connectivity index (χ0v) is 26.5. The van der Waals surface area contributed by atoms with E-state index in [1.165, 1.54) is 23.5 Å². The van der Waals surface area contributed by atoms with Crippen LogP contribution in [-0.2, 0) is 24.5 Å². The minimum absolute atomic E-state index is 0.206. The number of benzene rings is 2. The minimum atomic E-state index is -3.69. The third-order valence-corrected chi connectivity index (χ3v) is 12.5. The average molecular weight is 631 g/mol. The summed E-state index contributed by atoms with van der Waals surface area (Å²) in [6.07, 6.45) is 7.75. The van der Waals surface area contributed by atoms with Gasteiger partial charge in [-0.05, 0) is 55.3 Å². The molecule has 2 heterocycles. The highest BCUT2D eigenvalue weighted by molar-refractivity contribution is 7.92. The van der Waals surface area contributed by atoms with Gasteiger partial charge < -0.3 is 10.2 Å². The Morgan fingerprint density at radius 3 is 2.31 bits per heavy atom. The van der Waals surface area contributed by atoms with E-state index in [4.69, 9.17) is 0 Å². The molecular weight excluding hydrogens is 593 g/mol. The molecule has 1 aliphatic heterocycles. The molecule has 3 aromatic rings. The van der Waals surface area contributed by atoms with Crippen LogP contribution >= 0.6 is 11.3 Å². The van der Waals surface area contributed by atoms with Gasteiger partial charge in [-0.15, -0.1) is 6.58 Å². The number of carbonyl (C=O) groups excluding carboxylic acids is 1. The number of thiazole rings is 1. The molecular formula is C30H38N4O5S3. The van der Waals surface area contributed by atoms with Gasteiger partial charge in [0.05, 0.1) is 25.9 Å². The van der Waals surface area contributed by atoms with E-state index in [9.17, 15) is 21.6 Å². The second-order valence-corrected chi connectivity index (χ2v) is 16.5. The third-order valence-electron chi connectivity index (χ3n) is 8.41. The van der Waals surface area contributed by atoms with Crippen molar-refractivity contribution in [2.24, 2.45) is 5.92 Å². The van der Waals surface area contributed by atoms with Crippen LogP contribution in [-0.4, -0.2) is 82.4 Å². The van der Waals surface area contributed by atoms with E-state index in [0.29, 0.717) is 40.8 Å². The lowest BCUT2D eigenvalue weighted by atomic mass is 9.87. The molecule has 5 rings (SSSR count). The van der Waals surface area contributed by atoms with Crippen LogP contribution < -0.4 is 5.32 Å². The lowest BCUT2D eigenvalue weighted by molar-refractivity contribution is -0.118. The number of fused-ring (bicyclic) bond motifs is 1. The van der Waals surface area contributed by atoms with Gasteiger partial charge in [-0.25, -0.2) is 21.8 Å². The third kappa shape index (κ3) is 6.78. The van der Waals surface area contributed by atoms with Crippen LogP contribution in [0, 0.1) is 5.92 Å². The van der Waals surface area contributed by atoms with Gasteiger partial charge in [0.1, 0.15) is 5.37 Å². The standard InChI is InChI=1S/C30H38N4O5S3/c1-4-28(34-17-15-33(2)16-18-34)42(38,39)23-11-9-22(10-12-23)25(19-21-7-5-6-8-21)29(35)32-30-31-26-14-13-24(41(3,36)37)20-27(26)40-30/h4,9-14,20-21,25,28H,1,5-8,15-19H2,2-3H3,(H,31,32,35). The molecule has 226 valence electrons. The number of piperazine rings is 1. The molecule has 1 saturated heterocycles. The summed E-state index contributed by atoms with van der Waals surface area (Å²) < 4.78 is 51.8. The maximum absolute atomic E-state index is 13.7. The highest BCUT2D eigenvalue weighted by Gasteiger charge is 2.33. The Hall–Kier alpha value is -2.64. The highest BCUT2D eigenvalue weighted by atomic mass is 32.2. The summed E-state index contributed by atoms with van der Waals surface area (Å²) in [6.45, 7) is 6.71.